The van der Waals surface area contributed by atoms with Crippen molar-refractivity contribution in [1.29, 1.82) is 0 Å². The number of likely N-dealkylation sites (N-methyl/N-ethyl adjacent to an activating group) is 1. The van der Waals surface area contributed by atoms with E-state index in [0.29, 0.717) is 13.0 Å². The second kappa shape index (κ2) is 11.5. The molecule has 2 atom stereocenters. The minimum Gasteiger partial charge on any atom is -0.361 e. The Balaban J connectivity index is 1.57. The van der Waals surface area contributed by atoms with Crippen molar-refractivity contribution < 1.29 is 14.4 Å². The van der Waals surface area contributed by atoms with Gasteiger partial charge in [-0.1, -0.05) is 78.9 Å². The lowest BCUT2D eigenvalue weighted by Gasteiger charge is -2.31. The zero-order valence-electron chi connectivity index (χ0n) is 20.2. The van der Waals surface area contributed by atoms with Gasteiger partial charge in [-0.05, 0) is 29.2 Å². The van der Waals surface area contributed by atoms with E-state index in [1.165, 1.54) is 4.90 Å². The largest absolute Gasteiger partial charge is 0.361 e. The highest BCUT2D eigenvalue weighted by Crippen LogP contribution is 2.20. The van der Waals surface area contributed by atoms with Crippen LogP contribution in [0.1, 0.15) is 16.7 Å². The van der Waals surface area contributed by atoms with Gasteiger partial charge < -0.3 is 15.6 Å². The molecule has 0 radical (unpaired) electrons. The zero-order chi connectivity index (χ0) is 25.5. The van der Waals surface area contributed by atoms with Crippen molar-refractivity contribution >= 4 is 29.1 Å². The highest BCUT2D eigenvalue weighted by atomic mass is 16.2. The summed E-state index contributed by atoms with van der Waals surface area (Å²) in [5.74, 6) is -0.917. The third-order valence-corrected chi connectivity index (χ3v) is 6.33. The maximum Gasteiger partial charge on any atom is 0.246 e. The predicted molar refractivity (Wildman–Crippen MR) is 140 cm³/mol. The summed E-state index contributed by atoms with van der Waals surface area (Å²) in [4.78, 5) is 45.0. The fourth-order valence-electron chi connectivity index (χ4n) is 4.43. The Morgan fingerprint density at radius 1 is 0.861 bits per heavy atom. The molecule has 0 saturated heterocycles. The number of benzene rings is 3. The number of imide groups is 1. The van der Waals surface area contributed by atoms with E-state index in [1.54, 1.807) is 7.05 Å². The number of hydrogen-bond acceptors (Lipinski definition) is 4. The van der Waals surface area contributed by atoms with Crippen molar-refractivity contribution in [3.05, 3.63) is 108 Å². The van der Waals surface area contributed by atoms with Gasteiger partial charge in [-0.15, -0.1) is 0 Å². The van der Waals surface area contributed by atoms with Crippen LogP contribution in [-0.4, -0.2) is 52.1 Å². The molecule has 0 aliphatic heterocycles. The fourth-order valence-corrected chi connectivity index (χ4v) is 4.43. The van der Waals surface area contributed by atoms with Crippen molar-refractivity contribution in [2.24, 2.45) is 5.73 Å². The van der Waals surface area contributed by atoms with Crippen LogP contribution in [0.3, 0.4) is 0 Å². The molecule has 36 heavy (non-hydrogen) atoms. The van der Waals surface area contributed by atoms with Gasteiger partial charge in [0.15, 0.2) is 0 Å². The van der Waals surface area contributed by atoms with E-state index in [1.807, 2.05) is 91.1 Å². The average Bonchev–Trinajstić information content (AvgIpc) is 3.31. The van der Waals surface area contributed by atoms with Gasteiger partial charge in [0.05, 0.1) is 6.04 Å². The minimum absolute atomic E-state index is 0.198. The number of carbonyl (C=O) groups excluding carboxylic acids is 3. The van der Waals surface area contributed by atoms with Gasteiger partial charge in [0.2, 0.25) is 18.2 Å². The number of aromatic amines is 1. The topological polar surface area (TPSA) is 99.5 Å². The smallest absolute Gasteiger partial charge is 0.246 e. The normalized spacial score (nSPS) is 12.6. The Labute approximate surface area is 210 Å². The molecule has 0 spiro atoms. The highest BCUT2D eigenvalue weighted by molar-refractivity contribution is 5.97. The monoisotopic (exact) mass is 482 g/mol. The molecule has 3 N–H and O–H groups in total. The molecule has 1 aromatic heterocycles. The minimum atomic E-state index is -1.01. The van der Waals surface area contributed by atoms with Crippen LogP contribution in [0.5, 0.6) is 0 Å². The molecule has 0 unspecified atom stereocenters. The molecule has 4 rings (SSSR count). The summed E-state index contributed by atoms with van der Waals surface area (Å²) in [5.41, 5.74) is 9.93. The SMILES string of the molecule is CN(Cc1ccccc1)C(=O)[C@H](Cc1ccccc1)N(C=O)C(=O)[C@H](N)Cc1c[nH]c2ccccc12. The molecule has 184 valence electrons. The lowest BCUT2D eigenvalue weighted by molar-refractivity contribution is -0.150. The summed E-state index contributed by atoms with van der Waals surface area (Å²) in [7, 11) is 1.67. The summed E-state index contributed by atoms with van der Waals surface area (Å²) in [6.07, 6.45) is 2.69. The van der Waals surface area contributed by atoms with E-state index in [-0.39, 0.29) is 18.7 Å². The van der Waals surface area contributed by atoms with E-state index in [2.05, 4.69) is 4.98 Å². The van der Waals surface area contributed by atoms with Crippen molar-refractivity contribution in [1.82, 2.24) is 14.8 Å². The number of fused-ring (bicyclic) bond motifs is 1. The van der Waals surface area contributed by atoms with Gasteiger partial charge in [-0.25, -0.2) is 0 Å². The second-order valence-corrected chi connectivity index (χ2v) is 8.91. The zero-order valence-corrected chi connectivity index (χ0v) is 20.2. The summed E-state index contributed by atoms with van der Waals surface area (Å²) in [5, 5.41) is 0.970. The number of aromatic nitrogens is 1. The Bertz CT molecular complexity index is 1320. The standard InChI is InChI=1S/C29H30N4O3/c1-32(19-22-12-6-3-7-13-22)29(36)27(16-21-10-4-2-5-11-21)33(20-34)28(35)25(30)17-23-18-31-26-15-9-8-14-24(23)26/h2-15,18,20,25,27,31H,16-17,19,30H2,1H3/t25-,27+/m1/s1. The van der Waals surface area contributed by atoms with Crippen molar-refractivity contribution in [3.63, 3.8) is 0 Å². The number of hydrogen-bond donors (Lipinski definition) is 2. The molecule has 7 nitrogen and oxygen atoms in total. The van der Waals surface area contributed by atoms with Gasteiger partial charge in [0.25, 0.3) is 0 Å². The number of H-pyrrole nitrogens is 1. The van der Waals surface area contributed by atoms with Crippen LogP contribution in [-0.2, 0) is 33.8 Å². The van der Waals surface area contributed by atoms with E-state index in [9.17, 15) is 14.4 Å². The molecule has 3 amide bonds. The fraction of sp³-hybridized carbons (Fsp3) is 0.207. The molecule has 0 aliphatic carbocycles. The molecule has 7 heteroatoms. The van der Waals surface area contributed by atoms with Crippen molar-refractivity contribution in [3.8, 4) is 0 Å². The number of rotatable bonds is 10. The average molecular weight is 483 g/mol. The van der Waals surface area contributed by atoms with Crippen molar-refractivity contribution in [2.75, 3.05) is 7.05 Å². The quantitative estimate of drug-likeness (QED) is 0.339. The first kappa shape index (κ1) is 24.9. The molecule has 0 fully saturated rings. The van der Waals surface area contributed by atoms with Crippen LogP contribution in [0.25, 0.3) is 10.9 Å². The Morgan fingerprint density at radius 3 is 2.14 bits per heavy atom. The first-order valence-corrected chi connectivity index (χ1v) is 11.9. The lowest BCUT2D eigenvalue weighted by atomic mass is 10.0. The summed E-state index contributed by atoms with van der Waals surface area (Å²) < 4.78 is 0. The van der Waals surface area contributed by atoms with E-state index in [4.69, 9.17) is 5.73 Å². The maximum absolute atomic E-state index is 13.6. The molecule has 1 heterocycles. The third-order valence-electron chi connectivity index (χ3n) is 6.33. The Morgan fingerprint density at radius 2 is 1.47 bits per heavy atom. The molecular weight excluding hydrogens is 452 g/mol. The first-order chi connectivity index (χ1) is 17.5. The van der Waals surface area contributed by atoms with Crippen LogP contribution in [0, 0.1) is 0 Å². The molecule has 0 saturated carbocycles. The molecule has 4 aromatic rings. The van der Waals surface area contributed by atoms with Gasteiger partial charge in [0, 0.05) is 37.1 Å². The Kier molecular flexibility index (Phi) is 7.92. The second-order valence-electron chi connectivity index (χ2n) is 8.91. The third kappa shape index (κ3) is 5.70. The molecular formula is C29H30N4O3. The number of para-hydroxylation sites is 1. The maximum atomic E-state index is 13.6. The summed E-state index contributed by atoms with van der Waals surface area (Å²) in [6, 6.07) is 24.7. The van der Waals surface area contributed by atoms with Gasteiger partial charge in [0.1, 0.15) is 6.04 Å². The molecule has 0 aliphatic rings. The van der Waals surface area contributed by atoms with E-state index < -0.39 is 18.0 Å². The van der Waals surface area contributed by atoms with E-state index in [0.717, 1.165) is 32.5 Å². The van der Waals surface area contributed by atoms with Crippen molar-refractivity contribution in [2.45, 2.75) is 31.5 Å². The Hall–Kier alpha value is -4.23. The van der Waals surface area contributed by atoms with Crippen LogP contribution in [0.15, 0.2) is 91.1 Å². The number of nitrogens with one attached hydrogen (secondary N) is 1. The molecule has 3 aromatic carbocycles. The number of amides is 3. The number of nitrogens with zero attached hydrogens (tertiary/aromatic N) is 2. The predicted octanol–water partition coefficient (Wildman–Crippen LogP) is 3.29. The first-order valence-electron chi connectivity index (χ1n) is 11.9. The van der Waals surface area contributed by atoms with Gasteiger partial charge in [-0.2, -0.15) is 0 Å². The van der Waals surface area contributed by atoms with Gasteiger partial charge in [-0.3, -0.25) is 19.3 Å². The van der Waals surface area contributed by atoms with E-state index >= 15 is 0 Å². The summed E-state index contributed by atoms with van der Waals surface area (Å²) >= 11 is 0. The number of carbonyl (C=O) groups is 3. The van der Waals surface area contributed by atoms with Gasteiger partial charge >= 0.3 is 0 Å². The summed E-state index contributed by atoms with van der Waals surface area (Å²) in [6.45, 7) is 0.354. The van der Waals surface area contributed by atoms with Crippen LogP contribution in [0.4, 0.5) is 0 Å². The van der Waals surface area contributed by atoms with Crippen LogP contribution >= 0.6 is 0 Å². The number of nitrogens with two attached hydrogens (primary N) is 1. The van der Waals surface area contributed by atoms with Crippen LogP contribution < -0.4 is 5.73 Å². The molecule has 0 bridgehead atoms. The lowest BCUT2D eigenvalue weighted by Crippen LogP contribution is -2.55. The highest BCUT2D eigenvalue weighted by Gasteiger charge is 2.34. The van der Waals surface area contributed by atoms with Crippen LogP contribution in [0.2, 0.25) is 0 Å².